The van der Waals surface area contributed by atoms with E-state index in [1.54, 1.807) is 7.11 Å². The topological polar surface area (TPSA) is 94.6 Å². The third kappa shape index (κ3) is 52.9. The maximum absolute atomic E-state index is 13.2. The summed E-state index contributed by atoms with van der Waals surface area (Å²) in [5, 5.41) is 0. The van der Waals surface area contributed by atoms with Gasteiger partial charge in [0.25, 0.3) is 0 Å². The van der Waals surface area contributed by atoms with Crippen molar-refractivity contribution in [2.75, 3.05) is 67.3 Å². The quantitative estimate of drug-likeness (QED) is 0.0196. The molecule has 0 aliphatic heterocycles. The van der Waals surface area contributed by atoms with Crippen molar-refractivity contribution in [3.05, 3.63) is 36.5 Å². The van der Waals surface area contributed by atoms with Crippen molar-refractivity contribution in [2.45, 2.75) is 246 Å². The molecule has 0 saturated heterocycles. The smallest absolute Gasteiger partial charge is 0.305 e. The first-order valence-electron chi connectivity index (χ1n) is 28.0. The van der Waals surface area contributed by atoms with E-state index in [9.17, 15) is 14.4 Å². The number of methoxy groups -OCH3 is 1. The molecule has 0 aromatic heterocycles. The molecule has 0 aliphatic rings. The van der Waals surface area contributed by atoms with E-state index in [4.69, 9.17) is 18.9 Å². The van der Waals surface area contributed by atoms with Crippen molar-refractivity contribution in [3.8, 4) is 0 Å². The maximum atomic E-state index is 13.2. The van der Waals surface area contributed by atoms with Crippen LogP contribution in [-0.2, 0) is 33.3 Å². The number of hydrogen-bond donors (Lipinski definition) is 0. The van der Waals surface area contributed by atoms with Crippen LogP contribution in [0.2, 0.25) is 0 Å². The van der Waals surface area contributed by atoms with Gasteiger partial charge in [-0.2, -0.15) is 0 Å². The molecule has 0 N–H and O–H groups in total. The molecule has 0 aliphatic carbocycles. The van der Waals surface area contributed by atoms with Crippen LogP contribution in [0.25, 0.3) is 0 Å². The molecule has 0 heterocycles. The van der Waals surface area contributed by atoms with E-state index >= 15 is 0 Å². The summed E-state index contributed by atoms with van der Waals surface area (Å²) >= 11 is 0. The molecule has 9 heteroatoms. The number of esters is 1. The zero-order valence-corrected chi connectivity index (χ0v) is 45.2. The highest BCUT2D eigenvalue weighted by molar-refractivity contribution is 5.76. The molecule has 0 radical (unpaired) electrons. The summed E-state index contributed by atoms with van der Waals surface area (Å²) in [6.45, 7) is 13.4. The first-order valence-corrected chi connectivity index (χ1v) is 28.0. The first kappa shape index (κ1) is 66.8. The Balaban J connectivity index is 0. The molecular formula is C58H110N2O7. The van der Waals surface area contributed by atoms with Crippen molar-refractivity contribution in [3.63, 3.8) is 0 Å². The second-order valence-corrected chi connectivity index (χ2v) is 18.9. The van der Waals surface area contributed by atoms with Gasteiger partial charge in [-0.3, -0.25) is 9.59 Å². The standard InChI is InChI=1S/C38H74N2O4.C20H36O3/c1-6-8-10-12-14-15-16-17-18-19-20-21-22-24-26-30-38(42)44-35-36(34-43-5)33-40(32-28-27-31-39(3)4)37(41)29-25-23-13-11-9-7-2;1-3-5-7-9-11-13-18-22-20(16-15-17-21)23-19-14-12-10-8-6-4-2/h17-18,36H,6-16,19-35H2,1-5H3;5-8,17,20H,3-4,9-16,18-19H2,1-2H3/b18-17-;7-5-,8-6-. The summed E-state index contributed by atoms with van der Waals surface area (Å²) in [5.74, 6) is 0.103. The average Bonchev–Trinajstić information content (AvgIpc) is 3.32. The van der Waals surface area contributed by atoms with E-state index in [-0.39, 0.29) is 24.1 Å². The van der Waals surface area contributed by atoms with E-state index in [1.165, 1.54) is 96.3 Å². The fourth-order valence-electron chi connectivity index (χ4n) is 7.73. The molecule has 394 valence electrons. The van der Waals surface area contributed by atoms with Crippen LogP contribution in [0, 0.1) is 5.92 Å². The van der Waals surface area contributed by atoms with Crippen LogP contribution in [0.4, 0.5) is 0 Å². The molecule has 0 rings (SSSR count). The summed E-state index contributed by atoms with van der Waals surface area (Å²) in [6.07, 6.45) is 50.6. The molecule has 0 aromatic rings. The summed E-state index contributed by atoms with van der Waals surface area (Å²) in [4.78, 5) is 40.4. The van der Waals surface area contributed by atoms with Crippen LogP contribution >= 0.6 is 0 Å². The Kier molecular flexibility index (Phi) is 56.0. The van der Waals surface area contributed by atoms with E-state index in [0.29, 0.717) is 58.7 Å². The lowest BCUT2D eigenvalue weighted by Crippen LogP contribution is -2.39. The number of ether oxygens (including phenoxy) is 4. The summed E-state index contributed by atoms with van der Waals surface area (Å²) in [6, 6.07) is 0. The second kappa shape index (κ2) is 56.3. The van der Waals surface area contributed by atoms with Crippen molar-refractivity contribution in [1.82, 2.24) is 9.80 Å². The van der Waals surface area contributed by atoms with Crippen molar-refractivity contribution < 1.29 is 33.3 Å². The van der Waals surface area contributed by atoms with Crippen LogP contribution in [0.15, 0.2) is 36.5 Å². The van der Waals surface area contributed by atoms with Gasteiger partial charge in [0.05, 0.1) is 13.2 Å². The minimum Gasteiger partial charge on any atom is -0.465 e. The molecule has 0 aromatic carbocycles. The van der Waals surface area contributed by atoms with Gasteiger partial charge in [-0.05, 0) is 123 Å². The highest BCUT2D eigenvalue weighted by Gasteiger charge is 2.20. The Hall–Kier alpha value is -2.33. The molecule has 0 saturated carbocycles. The third-order valence-electron chi connectivity index (χ3n) is 11.8. The Bertz CT molecular complexity index is 1100. The number of carbonyl (C=O) groups excluding carboxylic acids is 3. The van der Waals surface area contributed by atoms with Crippen LogP contribution in [0.5, 0.6) is 0 Å². The number of rotatable bonds is 50. The van der Waals surface area contributed by atoms with E-state index in [0.717, 1.165) is 109 Å². The van der Waals surface area contributed by atoms with Gasteiger partial charge in [-0.25, -0.2) is 0 Å². The molecule has 0 spiro atoms. The Morgan fingerprint density at radius 3 is 1.46 bits per heavy atom. The minimum absolute atomic E-state index is 0.000385. The normalized spacial score (nSPS) is 12.2. The highest BCUT2D eigenvalue weighted by atomic mass is 16.7. The molecule has 9 nitrogen and oxygen atoms in total. The number of allylic oxidation sites excluding steroid dienone is 6. The molecule has 1 unspecified atom stereocenters. The molecule has 1 atom stereocenters. The largest absolute Gasteiger partial charge is 0.465 e. The number of carbonyl (C=O) groups is 3. The molecule has 67 heavy (non-hydrogen) atoms. The lowest BCUT2D eigenvalue weighted by molar-refractivity contribution is -0.149. The van der Waals surface area contributed by atoms with Gasteiger partial charge >= 0.3 is 5.97 Å². The molecular weight excluding hydrogens is 837 g/mol. The zero-order chi connectivity index (χ0) is 49.5. The monoisotopic (exact) mass is 947 g/mol. The van der Waals surface area contributed by atoms with Gasteiger partial charge in [0.15, 0.2) is 6.29 Å². The van der Waals surface area contributed by atoms with Gasteiger partial charge < -0.3 is 33.5 Å². The predicted molar refractivity (Wildman–Crippen MR) is 286 cm³/mol. The number of unbranched alkanes of at least 4 members (excludes halogenated alkanes) is 21. The van der Waals surface area contributed by atoms with Gasteiger partial charge in [-0.1, -0.05) is 148 Å². The van der Waals surface area contributed by atoms with Gasteiger partial charge in [-0.15, -0.1) is 0 Å². The van der Waals surface area contributed by atoms with Crippen molar-refractivity contribution in [2.24, 2.45) is 5.92 Å². The Labute approximate surface area is 415 Å². The summed E-state index contributed by atoms with van der Waals surface area (Å²) in [7, 11) is 5.85. The zero-order valence-electron chi connectivity index (χ0n) is 45.2. The van der Waals surface area contributed by atoms with E-state index in [2.05, 4.69) is 83.1 Å². The van der Waals surface area contributed by atoms with E-state index in [1.807, 2.05) is 4.90 Å². The van der Waals surface area contributed by atoms with Gasteiger partial charge in [0.2, 0.25) is 5.91 Å². The molecule has 0 bridgehead atoms. The van der Waals surface area contributed by atoms with Gasteiger partial charge in [0, 0.05) is 65.0 Å². The SMILES string of the molecule is CC/C=C\CCCCOC(CCC=O)OCCCC/C=C\CC.CCCCCCCC/C=C\CCCCCCCC(=O)OCC(COC)CN(CCCCN(C)C)C(=O)CCCCCCCC. The molecule has 0 fully saturated rings. The van der Waals surface area contributed by atoms with Gasteiger partial charge in [0.1, 0.15) is 6.29 Å². The fourth-order valence-corrected chi connectivity index (χ4v) is 7.73. The number of aldehydes is 1. The first-order chi connectivity index (χ1) is 32.8. The third-order valence-corrected chi connectivity index (χ3v) is 11.8. The van der Waals surface area contributed by atoms with Crippen LogP contribution in [0.3, 0.4) is 0 Å². The van der Waals surface area contributed by atoms with Crippen LogP contribution in [-0.4, -0.2) is 102 Å². The number of nitrogens with zero attached hydrogens (tertiary/aromatic N) is 2. The average molecular weight is 948 g/mol. The Morgan fingerprint density at radius 2 is 0.970 bits per heavy atom. The van der Waals surface area contributed by atoms with Crippen molar-refractivity contribution in [1.29, 1.82) is 0 Å². The highest BCUT2D eigenvalue weighted by Crippen LogP contribution is 2.15. The minimum atomic E-state index is -0.224. The fraction of sp³-hybridized carbons (Fsp3) is 0.845. The number of amides is 1. The lowest BCUT2D eigenvalue weighted by Gasteiger charge is -2.28. The lowest BCUT2D eigenvalue weighted by atomic mass is 10.1. The maximum Gasteiger partial charge on any atom is 0.305 e. The predicted octanol–water partition coefficient (Wildman–Crippen LogP) is 15.3. The van der Waals surface area contributed by atoms with Crippen molar-refractivity contribution >= 4 is 18.2 Å². The molecule has 1 amide bonds. The second-order valence-electron chi connectivity index (χ2n) is 18.9. The number of hydrogen-bond acceptors (Lipinski definition) is 8. The van der Waals surface area contributed by atoms with E-state index < -0.39 is 0 Å². The van der Waals surface area contributed by atoms with Crippen LogP contribution < -0.4 is 0 Å². The Morgan fingerprint density at radius 1 is 0.507 bits per heavy atom. The summed E-state index contributed by atoms with van der Waals surface area (Å²) in [5.41, 5.74) is 0. The van der Waals surface area contributed by atoms with Crippen LogP contribution in [0.1, 0.15) is 240 Å². The summed E-state index contributed by atoms with van der Waals surface area (Å²) < 4.78 is 22.7.